The first-order chi connectivity index (χ1) is 14.1. The number of amides is 1. The molecule has 0 atom stereocenters. The van der Waals surface area contributed by atoms with Crippen LogP contribution < -0.4 is 0 Å². The van der Waals surface area contributed by atoms with Crippen LogP contribution in [-0.2, 0) is 20.2 Å². The third-order valence-corrected chi connectivity index (χ3v) is 9.58. The van der Waals surface area contributed by atoms with Crippen molar-refractivity contribution in [1.29, 1.82) is 0 Å². The van der Waals surface area contributed by atoms with Gasteiger partial charge in [-0.05, 0) is 24.3 Å². The highest BCUT2D eigenvalue weighted by Crippen LogP contribution is 2.18. The van der Waals surface area contributed by atoms with Gasteiger partial charge >= 0.3 is 0 Å². The van der Waals surface area contributed by atoms with Crippen molar-refractivity contribution >= 4 is 26.1 Å². The van der Waals surface area contributed by atoms with E-state index in [-0.39, 0.29) is 23.9 Å². The van der Waals surface area contributed by atoms with E-state index in [1.54, 1.807) is 32.6 Å². The van der Waals surface area contributed by atoms with E-state index in [0.29, 0.717) is 44.8 Å². The fraction of sp³-hybridized carbons (Fsp3) is 0.632. The van der Waals surface area contributed by atoms with Crippen LogP contribution in [0.1, 0.15) is 38.1 Å². The normalized spacial score (nSPS) is 16.4. The lowest BCUT2D eigenvalue weighted by Crippen LogP contribution is -2.54. The molecular formula is C19H32N4O5S2. The second-order valence-electron chi connectivity index (χ2n) is 6.90. The molecule has 1 aliphatic heterocycles. The smallest absolute Gasteiger partial charge is 0.282 e. The van der Waals surface area contributed by atoms with E-state index in [1.807, 2.05) is 0 Å². The molecule has 1 aromatic rings. The van der Waals surface area contributed by atoms with Gasteiger partial charge in [-0.1, -0.05) is 27.7 Å². The van der Waals surface area contributed by atoms with Crippen LogP contribution in [0.15, 0.2) is 29.2 Å². The van der Waals surface area contributed by atoms with Crippen molar-refractivity contribution in [3.63, 3.8) is 0 Å². The SMILES string of the molecule is CCN(CC)S(=O)(=O)c1ccc(C(=O)N2CCN(S(=O)(=O)N(CC)CC)CC2)cc1. The number of benzene rings is 1. The Hall–Kier alpha value is -1.53. The molecule has 0 spiro atoms. The predicted molar refractivity (Wildman–Crippen MR) is 116 cm³/mol. The summed E-state index contributed by atoms with van der Waals surface area (Å²) in [6.07, 6.45) is 0. The van der Waals surface area contributed by atoms with E-state index in [4.69, 9.17) is 0 Å². The van der Waals surface area contributed by atoms with Gasteiger partial charge in [-0.15, -0.1) is 0 Å². The molecule has 9 nitrogen and oxygen atoms in total. The lowest BCUT2D eigenvalue weighted by molar-refractivity contribution is 0.0694. The van der Waals surface area contributed by atoms with Crippen molar-refractivity contribution in [2.75, 3.05) is 52.4 Å². The minimum Gasteiger partial charge on any atom is -0.336 e. The number of hydrogen-bond donors (Lipinski definition) is 0. The number of carbonyl (C=O) groups is 1. The zero-order valence-electron chi connectivity index (χ0n) is 18.1. The second kappa shape index (κ2) is 10.2. The van der Waals surface area contributed by atoms with Crippen LogP contribution >= 0.6 is 0 Å². The molecule has 1 fully saturated rings. The van der Waals surface area contributed by atoms with Crippen LogP contribution in [0.25, 0.3) is 0 Å². The number of hydrogen-bond acceptors (Lipinski definition) is 5. The predicted octanol–water partition coefficient (Wildman–Crippen LogP) is 1.06. The third kappa shape index (κ3) is 5.02. The maximum Gasteiger partial charge on any atom is 0.282 e. The first-order valence-corrected chi connectivity index (χ1v) is 13.1. The Balaban J connectivity index is 2.07. The van der Waals surface area contributed by atoms with Crippen molar-refractivity contribution in [2.24, 2.45) is 0 Å². The fourth-order valence-electron chi connectivity index (χ4n) is 3.50. The first-order valence-electron chi connectivity index (χ1n) is 10.3. The number of piperazine rings is 1. The van der Waals surface area contributed by atoms with Gasteiger partial charge in [0.05, 0.1) is 4.90 Å². The molecule has 0 aromatic heterocycles. The van der Waals surface area contributed by atoms with Gasteiger partial charge in [0.25, 0.3) is 16.1 Å². The summed E-state index contributed by atoms with van der Waals surface area (Å²) in [5.74, 6) is -0.235. The lowest BCUT2D eigenvalue weighted by atomic mass is 10.2. The van der Waals surface area contributed by atoms with Crippen molar-refractivity contribution in [3.8, 4) is 0 Å². The lowest BCUT2D eigenvalue weighted by Gasteiger charge is -2.36. The highest BCUT2D eigenvalue weighted by molar-refractivity contribution is 7.89. The minimum absolute atomic E-state index is 0.151. The van der Waals surface area contributed by atoms with E-state index in [9.17, 15) is 21.6 Å². The molecule has 30 heavy (non-hydrogen) atoms. The van der Waals surface area contributed by atoms with Crippen LogP contribution in [0.5, 0.6) is 0 Å². The van der Waals surface area contributed by atoms with Gasteiger partial charge in [0.15, 0.2) is 0 Å². The van der Waals surface area contributed by atoms with E-state index in [2.05, 4.69) is 0 Å². The van der Waals surface area contributed by atoms with Gasteiger partial charge in [0.2, 0.25) is 10.0 Å². The van der Waals surface area contributed by atoms with Crippen LogP contribution in [0, 0.1) is 0 Å². The maximum atomic E-state index is 12.8. The third-order valence-electron chi connectivity index (χ3n) is 5.33. The molecule has 0 N–H and O–H groups in total. The molecular weight excluding hydrogens is 428 g/mol. The molecule has 0 unspecified atom stereocenters. The van der Waals surface area contributed by atoms with Gasteiger partial charge in [0.1, 0.15) is 0 Å². The molecule has 1 amide bonds. The summed E-state index contributed by atoms with van der Waals surface area (Å²) in [6, 6.07) is 5.92. The molecule has 0 radical (unpaired) electrons. The summed E-state index contributed by atoms with van der Waals surface area (Å²) >= 11 is 0. The molecule has 11 heteroatoms. The summed E-state index contributed by atoms with van der Waals surface area (Å²) < 4.78 is 54.6. The molecule has 0 bridgehead atoms. The largest absolute Gasteiger partial charge is 0.336 e. The maximum absolute atomic E-state index is 12.8. The standard InChI is InChI=1S/C19H32N4O5S2/c1-5-21(6-2)29(25,26)18-11-9-17(10-12-18)19(24)20-13-15-23(16-14-20)30(27,28)22(7-3)8-4/h9-12H,5-8,13-16H2,1-4H3. The molecule has 1 heterocycles. The van der Waals surface area contributed by atoms with Crippen LogP contribution in [-0.4, -0.2) is 92.9 Å². The minimum atomic E-state index is -3.58. The van der Waals surface area contributed by atoms with Crippen molar-refractivity contribution in [2.45, 2.75) is 32.6 Å². The zero-order chi connectivity index (χ0) is 22.5. The van der Waals surface area contributed by atoms with E-state index in [0.717, 1.165) is 0 Å². The molecule has 1 saturated heterocycles. The summed E-state index contributed by atoms with van der Waals surface area (Å²) in [5, 5.41) is 0. The Bertz CT molecular complexity index is 916. The van der Waals surface area contributed by atoms with E-state index in [1.165, 1.54) is 37.2 Å². The Labute approximate surface area is 180 Å². The second-order valence-corrected chi connectivity index (χ2v) is 10.8. The van der Waals surface area contributed by atoms with Gasteiger partial charge < -0.3 is 4.90 Å². The molecule has 1 aliphatic rings. The molecule has 1 aromatic carbocycles. The highest BCUT2D eigenvalue weighted by atomic mass is 32.2. The molecule has 0 saturated carbocycles. The van der Waals surface area contributed by atoms with E-state index < -0.39 is 20.2 Å². The Morgan fingerprint density at radius 3 is 1.70 bits per heavy atom. The summed E-state index contributed by atoms with van der Waals surface area (Å²) in [6.45, 7) is 9.76. The average Bonchev–Trinajstić information content (AvgIpc) is 2.74. The summed E-state index contributed by atoms with van der Waals surface area (Å²) in [5.41, 5.74) is 0.383. The monoisotopic (exact) mass is 460 g/mol. The van der Waals surface area contributed by atoms with E-state index >= 15 is 0 Å². The van der Waals surface area contributed by atoms with Crippen molar-refractivity contribution in [3.05, 3.63) is 29.8 Å². The number of nitrogens with zero attached hydrogens (tertiary/aromatic N) is 4. The number of rotatable bonds is 9. The van der Waals surface area contributed by atoms with Gasteiger partial charge in [-0.3, -0.25) is 4.79 Å². The number of carbonyl (C=O) groups excluding carboxylic acids is 1. The van der Waals surface area contributed by atoms with Crippen LogP contribution in [0.4, 0.5) is 0 Å². The first kappa shape index (κ1) is 24.7. The Morgan fingerprint density at radius 2 is 1.27 bits per heavy atom. The van der Waals surface area contributed by atoms with Crippen LogP contribution in [0.3, 0.4) is 0 Å². The Kier molecular flexibility index (Phi) is 8.40. The number of sulfonamides is 1. The summed E-state index contributed by atoms with van der Waals surface area (Å²) in [4.78, 5) is 14.5. The Morgan fingerprint density at radius 1 is 0.800 bits per heavy atom. The molecule has 0 aliphatic carbocycles. The average molecular weight is 461 g/mol. The quantitative estimate of drug-likeness (QED) is 0.549. The zero-order valence-corrected chi connectivity index (χ0v) is 19.7. The molecule has 2 rings (SSSR count). The molecule has 170 valence electrons. The van der Waals surface area contributed by atoms with Crippen molar-refractivity contribution < 1.29 is 21.6 Å². The van der Waals surface area contributed by atoms with Crippen molar-refractivity contribution in [1.82, 2.24) is 17.8 Å². The highest BCUT2D eigenvalue weighted by Gasteiger charge is 2.32. The van der Waals surface area contributed by atoms with Gasteiger partial charge in [-0.25, -0.2) is 8.42 Å². The van der Waals surface area contributed by atoms with Crippen LogP contribution in [0.2, 0.25) is 0 Å². The summed E-state index contributed by atoms with van der Waals surface area (Å²) in [7, 11) is -7.09. The van der Waals surface area contributed by atoms with Gasteiger partial charge in [0, 0.05) is 57.9 Å². The van der Waals surface area contributed by atoms with Gasteiger partial charge in [-0.2, -0.15) is 21.3 Å². The fourth-order valence-corrected chi connectivity index (χ4v) is 6.56. The topological polar surface area (TPSA) is 98.3 Å².